The van der Waals surface area contributed by atoms with E-state index in [2.05, 4.69) is 46.8 Å². The maximum absolute atomic E-state index is 4.20. The van der Waals surface area contributed by atoms with E-state index in [-0.39, 0.29) is 0 Å². The predicted molar refractivity (Wildman–Crippen MR) is 77.0 cm³/mol. The lowest BCUT2D eigenvalue weighted by Gasteiger charge is -2.15. The second-order valence-corrected chi connectivity index (χ2v) is 4.41. The zero-order valence-electron chi connectivity index (χ0n) is 10.9. The molecule has 0 aliphatic rings. The van der Waals surface area contributed by atoms with Gasteiger partial charge in [0.15, 0.2) is 0 Å². The number of rotatable bonds is 5. The van der Waals surface area contributed by atoms with Crippen LogP contribution in [0.2, 0.25) is 0 Å². The number of pyridine rings is 1. The van der Waals surface area contributed by atoms with Crippen molar-refractivity contribution in [3.05, 3.63) is 54.2 Å². The molecule has 0 radical (unpaired) electrons. The Labute approximate surface area is 108 Å². The monoisotopic (exact) mass is 241 g/mol. The van der Waals surface area contributed by atoms with Gasteiger partial charge in [-0.15, -0.1) is 0 Å². The zero-order chi connectivity index (χ0) is 12.8. The average Bonchev–Trinajstić information content (AvgIpc) is 2.40. The van der Waals surface area contributed by atoms with Crippen LogP contribution in [-0.2, 0) is 6.42 Å². The molecule has 0 spiro atoms. The van der Waals surface area contributed by atoms with E-state index in [9.17, 15) is 0 Å². The highest BCUT2D eigenvalue weighted by atomic mass is 15.0. The van der Waals surface area contributed by atoms with Gasteiger partial charge in [-0.2, -0.15) is 0 Å². The minimum absolute atomic E-state index is 0.388. The number of anilines is 2. The largest absolute Gasteiger partial charge is 0.382 e. The topological polar surface area (TPSA) is 37.0 Å². The molecule has 1 atom stereocenters. The first-order valence-corrected chi connectivity index (χ1v) is 6.22. The Bertz CT molecular complexity index is 482. The maximum Gasteiger partial charge on any atom is 0.127 e. The van der Waals surface area contributed by atoms with Crippen LogP contribution in [0.4, 0.5) is 11.5 Å². The molecule has 3 nitrogen and oxygen atoms in total. The molecular weight excluding hydrogens is 222 g/mol. The highest BCUT2D eigenvalue weighted by molar-refractivity contribution is 5.52. The zero-order valence-corrected chi connectivity index (χ0v) is 10.9. The summed E-state index contributed by atoms with van der Waals surface area (Å²) in [5.74, 6) is 0.881. The Morgan fingerprint density at radius 1 is 1.17 bits per heavy atom. The standard InChI is InChI=1S/C15H19N3/c1-12(10-13-6-4-3-5-7-13)18-14-8-9-17-15(11-14)16-2/h3-9,11-12H,10H2,1-2H3,(H2,16,17,18). The Kier molecular flexibility index (Phi) is 4.18. The average molecular weight is 241 g/mol. The molecule has 0 fully saturated rings. The molecule has 0 saturated carbocycles. The van der Waals surface area contributed by atoms with Crippen LogP contribution in [0.25, 0.3) is 0 Å². The van der Waals surface area contributed by atoms with E-state index in [1.807, 2.05) is 31.4 Å². The molecule has 3 heteroatoms. The van der Waals surface area contributed by atoms with E-state index >= 15 is 0 Å². The van der Waals surface area contributed by atoms with Gasteiger partial charge in [-0.05, 0) is 25.0 Å². The first-order chi connectivity index (χ1) is 8.78. The van der Waals surface area contributed by atoms with Crippen LogP contribution in [0.3, 0.4) is 0 Å². The summed E-state index contributed by atoms with van der Waals surface area (Å²) in [6.07, 6.45) is 2.82. The van der Waals surface area contributed by atoms with Crippen molar-refractivity contribution in [3.63, 3.8) is 0 Å². The number of hydrogen-bond acceptors (Lipinski definition) is 3. The van der Waals surface area contributed by atoms with E-state index in [0.29, 0.717) is 6.04 Å². The number of hydrogen-bond donors (Lipinski definition) is 2. The summed E-state index contributed by atoms with van der Waals surface area (Å²) in [5, 5.41) is 6.52. The molecule has 2 aromatic rings. The van der Waals surface area contributed by atoms with Crippen LogP contribution in [0.5, 0.6) is 0 Å². The summed E-state index contributed by atoms with van der Waals surface area (Å²) in [4.78, 5) is 4.20. The first kappa shape index (κ1) is 12.4. The van der Waals surface area contributed by atoms with Gasteiger partial charge in [0.1, 0.15) is 5.82 Å². The molecule has 94 valence electrons. The Morgan fingerprint density at radius 2 is 1.94 bits per heavy atom. The summed E-state index contributed by atoms with van der Waals surface area (Å²) >= 11 is 0. The van der Waals surface area contributed by atoms with Crippen LogP contribution >= 0.6 is 0 Å². The molecule has 1 aromatic heterocycles. The molecule has 2 rings (SSSR count). The molecule has 0 bridgehead atoms. The van der Waals surface area contributed by atoms with Gasteiger partial charge in [-0.1, -0.05) is 30.3 Å². The second-order valence-electron chi connectivity index (χ2n) is 4.41. The fourth-order valence-corrected chi connectivity index (χ4v) is 1.96. The summed E-state index contributed by atoms with van der Waals surface area (Å²) < 4.78 is 0. The first-order valence-electron chi connectivity index (χ1n) is 6.22. The predicted octanol–water partition coefficient (Wildman–Crippen LogP) is 3.17. The van der Waals surface area contributed by atoms with Crippen molar-refractivity contribution in [1.82, 2.24) is 4.98 Å². The molecule has 18 heavy (non-hydrogen) atoms. The molecule has 1 aromatic carbocycles. The van der Waals surface area contributed by atoms with E-state index in [4.69, 9.17) is 0 Å². The smallest absolute Gasteiger partial charge is 0.127 e. The molecule has 0 saturated heterocycles. The van der Waals surface area contributed by atoms with Gasteiger partial charge in [0.25, 0.3) is 0 Å². The van der Waals surface area contributed by atoms with E-state index in [1.54, 1.807) is 0 Å². The van der Waals surface area contributed by atoms with Crippen molar-refractivity contribution in [3.8, 4) is 0 Å². The fourth-order valence-electron chi connectivity index (χ4n) is 1.96. The van der Waals surface area contributed by atoms with E-state index < -0.39 is 0 Å². The van der Waals surface area contributed by atoms with Gasteiger partial charge in [-0.3, -0.25) is 0 Å². The van der Waals surface area contributed by atoms with Crippen molar-refractivity contribution in [2.75, 3.05) is 17.7 Å². The summed E-state index contributed by atoms with van der Waals surface area (Å²) in [7, 11) is 1.87. The SMILES string of the molecule is CNc1cc(NC(C)Cc2ccccc2)ccn1. The number of nitrogens with zero attached hydrogens (tertiary/aromatic N) is 1. The van der Waals surface area contributed by atoms with Gasteiger partial charge in [-0.25, -0.2) is 4.98 Å². The fraction of sp³-hybridized carbons (Fsp3) is 0.267. The third-order valence-corrected chi connectivity index (χ3v) is 2.81. The highest BCUT2D eigenvalue weighted by Gasteiger charge is 2.03. The third-order valence-electron chi connectivity index (χ3n) is 2.81. The Hall–Kier alpha value is -2.03. The molecule has 2 N–H and O–H groups in total. The van der Waals surface area contributed by atoms with Gasteiger partial charge < -0.3 is 10.6 Å². The lowest BCUT2D eigenvalue weighted by molar-refractivity contribution is 0.790. The third kappa shape index (κ3) is 3.48. The quantitative estimate of drug-likeness (QED) is 0.844. The minimum atomic E-state index is 0.388. The van der Waals surface area contributed by atoms with Crippen LogP contribution in [0.15, 0.2) is 48.7 Å². The van der Waals surface area contributed by atoms with Gasteiger partial charge in [0, 0.05) is 31.0 Å². The highest BCUT2D eigenvalue weighted by Crippen LogP contribution is 2.14. The molecule has 0 aliphatic carbocycles. The van der Waals surface area contributed by atoms with Gasteiger partial charge >= 0.3 is 0 Å². The molecule has 0 amide bonds. The lowest BCUT2D eigenvalue weighted by atomic mass is 10.1. The van der Waals surface area contributed by atoms with E-state index in [0.717, 1.165) is 17.9 Å². The van der Waals surface area contributed by atoms with Gasteiger partial charge in [0.2, 0.25) is 0 Å². The molecular formula is C15H19N3. The van der Waals surface area contributed by atoms with Crippen molar-refractivity contribution in [2.45, 2.75) is 19.4 Å². The van der Waals surface area contributed by atoms with E-state index in [1.165, 1.54) is 5.56 Å². The second kappa shape index (κ2) is 6.05. The Morgan fingerprint density at radius 3 is 2.67 bits per heavy atom. The Balaban J connectivity index is 1.96. The summed E-state index contributed by atoms with van der Waals surface area (Å²) in [6, 6.07) is 14.9. The maximum atomic E-state index is 4.20. The lowest BCUT2D eigenvalue weighted by Crippen LogP contribution is -2.18. The number of nitrogens with one attached hydrogen (secondary N) is 2. The van der Waals surface area contributed by atoms with Crippen LogP contribution < -0.4 is 10.6 Å². The number of benzene rings is 1. The van der Waals surface area contributed by atoms with Crippen LogP contribution in [0.1, 0.15) is 12.5 Å². The van der Waals surface area contributed by atoms with Crippen molar-refractivity contribution < 1.29 is 0 Å². The van der Waals surface area contributed by atoms with Crippen LogP contribution in [0, 0.1) is 0 Å². The van der Waals surface area contributed by atoms with Crippen molar-refractivity contribution >= 4 is 11.5 Å². The normalized spacial score (nSPS) is 11.9. The minimum Gasteiger partial charge on any atom is -0.382 e. The molecule has 1 unspecified atom stereocenters. The van der Waals surface area contributed by atoms with Crippen molar-refractivity contribution in [2.24, 2.45) is 0 Å². The van der Waals surface area contributed by atoms with Crippen LogP contribution in [-0.4, -0.2) is 18.1 Å². The van der Waals surface area contributed by atoms with Crippen molar-refractivity contribution in [1.29, 1.82) is 0 Å². The summed E-state index contributed by atoms with van der Waals surface area (Å²) in [6.45, 7) is 2.19. The molecule has 1 heterocycles. The summed E-state index contributed by atoms with van der Waals surface area (Å²) in [5.41, 5.74) is 2.44. The van der Waals surface area contributed by atoms with Gasteiger partial charge in [0.05, 0.1) is 0 Å². The molecule has 0 aliphatic heterocycles. The number of aromatic nitrogens is 1.